The molecule has 0 spiro atoms. The minimum absolute atomic E-state index is 1.11. The number of anilines is 3. The minimum Gasteiger partial charge on any atom is -0.309 e. The van der Waals surface area contributed by atoms with Gasteiger partial charge in [0.1, 0.15) is 0 Å². The molecule has 2 nitrogen and oxygen atoms in total. The van der Waals surface area contributed by atoms with E-state index in [0.717, 1.165) is 17.1 Å². The number of hydrogen-bond donors (Lipinski definition) is 0. The lowest BCUT2D eigenvalue weighted by Crippen LogP contribution is -2.10. The highest BCUT2D eigenvalue weighted by molar-refractivity contribution is 7.26. The van der Waals surface area contributed by atoms with Gasteiger partial charge in [0.2, 0.25) is 0 Å². The Morgan fingerprint density at radius 1 is 0.288 bits per heavy atom. The fourth-order valence-electron chi connectivity index (χ4n) is 11.7. The molecular formula is C70H44N2S. The van der Waals surface area contributed by atoms with Crippen LogP contribution >= 0.6 is 11.3 Å². The molecule has 0 fully saturated rings. The van der Waals surface area contributed by atoms with Crippen molar-refractivity contribution in [3.63, 3.8) is 0 Å². The van der Waals surface area contributed by atoms with Crippen LogP contribution in [0.25, 0.3) is 124 Å². The van der Waals surface area contributed by atoms with Gasteiger partial charge in [-0.05, 0) is 149 Å². The number of nitrogens with zero attached hydrogens (tertiary/aromatic N) is 2. The van der Waals surface area contributed by atoms with Gasteiger partial charge in [0.25, 0.3) is 0 Å². The second-order valence-electron chi connectivity index (χ2n) is 19.2. The molecule has 3 heteroatoms. The van der Waals surface area contributed by atoms with E-state index in [-0.39, 0.29) is 0 Å². The second kappa shape index (κ2) is 16.7. The van der Waals surface area contributed by atoms with E-state index in [0.29, 0.717) is 0 Å². The lowest BCUT2D eigenvalue weighted by atomic mass is 9.94. The van der Waals surface area contributed by atoms with Crippen molar-refractivity contribution in [3.8, 4) is 39.1 Å². The van der Waals surface area contributed by atoms with Crippen LogP contribution in [0.2, 0.25) is 0 Å². The molecule has 0 N–H and O–H groups in total. The molecule has 0 aliphatic carbocycles. The highest BCUT2D eigenvalue weighted by Gasteiger charge is 2.21. The summed E-state index contributed by atoms with van der Waals surface area (Å²) in [5.74, 6) is 0. The van der Waals surface area contributed by atoms with Crippen LogP contribution in [-0.2, 0) is 0 Å². The molecule has 0 atom stereocenters. The third kappa shape index (κ3) is 6.70. The van der Waals surface area contributed by atoms with E-state index in [1.54, 1.807) is 0 Å². The quantitative estimate of drug-likeness (QED) is 0.145. The van der Waals surface area contributed by atoms with E-state index in [1.165, 1.54) is 124 Å². The van der Waals surface area contributed by atoms with Gasteiger partial charge < -0.3 is 9.47 Å². The summed E-state index contributed by atoms with van der Waals surface area (Å²) in [6.45, 7) is 0. The summed E-state index contributed by atoms with van der Waals surface area (Å²) in [6, 6.07) is 98.6. The smallest absolute Gasteiger partial charge is 0.0640 e. The Balaban J connectivity index is 0.896. The zero-order chi connectivity index (χ0) is 48.0. The molecule has 2 heterocycles. The highest BCUT2D eigenvalue weighted by Crippen LogP contribution is 2.46. The van der Waals surface area contributed by atoms with Crippen molar-refractivity contribution in [3.05, 3.63) is 267 Å². The molecule has 0 aliphatic heterocycles. The van der Waals surface area contributed by atoms with Gasteiger partial charge >= 0.3 is 0 Å². The van der Waals surface area contributed by atoms with Gasteiger partial charge in [-0.15, -0.1) is 11.3 Å². The molecule has 340 valence electrons. The van der Waals surface area contributed by atoms with Crippen LogP contribution in [0, 0.1) is 0 Å². The molecule has 0 radical (unpaired) electrons. The Morgan fingerprint density at radius 2 is 0.781 bits per heavy atom. The Morgan fingerprint density at radius 3 is 1.48 bits per heavy atom. The topological polar surface area (TPSA) is 8.17 Å². The first kappa shape index (κ1) is 41.5. The lowest BCUT2D eigenvalue weighted by molar-refractivity contribution is 1.19. The van der Waals surface area contributed by atoms with Crippen molar-refractivity contribution in [1.82, 2.24) is 4.57 Å². The highest BCUT2D eigenvalue weighted by atomic mass is 32.1. The average molecular weight is 945 g/mol. The van der Waals surface area contributed by atoms with Gasteiger partial charge in [0.05, 0.1) is 21.4 Å². The molecule has 15 rings (SSSR count). The lowest BCUT2D eigenvalue weighted by Gasteiger charge is -2.26. The summed E-state index contributed by atoms with van der Waals surface area (Å²) in [5.41, 5.74) is 14.1. The fraction of sp³-hybridized carbons (Fsp3) is 0. The molecule has 0 saturated carbocycles. The maximum absolute atomic E-state index is 2.48. The first-order valence-corrected chi connectivity index (χ1v) is 25.9. The average Bonchev–Trinajstić information content (AvgIpc) is 4.02. The van der Waals surface area contributed by atoms with Crippen LogP contribution in [0.1, 0.15) is 0 Å². The van der Waals surface area contributed by atoms with Crippen LogP contribution in [-0.4, -0.2) is 4.57 Å². The van der Waals surface area contributed by atoms with Crippen LogP contribution in [0.4, 0.5) is 17.1 Å². The van der Waals surface area contributed by atoms with Gasteiger partial charge in [0.15, 0.2) is 0 Å². The Kier molecular flexibility index (Phi) is 9.48. The van der Waals surface area contributed by atoms with Crippen molar-refractivity contribution in [1.29, 1.82) is 0 Å². The summed E-state index contributed by atoms with van der Waals surface area (Å²) in [6.07, 6.45) is 0. The van der Waals surface area contributed by atoms with Crippen molar-refractivity contribution < 1.29 is 0 Å². The number of thiophene rings is 1. The Labute approximate surface area is 426 Å². The minimum atomic E-state index is 1.11. The molecule has 0 unspecified atom stereocenters. The summed E-state index contributed by atoms with van der Waals surface area (Å²) in [7, 11) is 0. The zero-order valence-corrected chi connectivity index (χ0v) is 40.5. The van der Waals surface area contributed by atoms with Gasteiger partial charge in [-0.1, -0.05) is 194 Å². The van der Waals surface area contributed by atoms with Crippen LogP contribution in [0.3, 0.4) is 0 Å². The molecule has 0 saturated heterocycles. The molecule has 15 aromatic rings. The first-order chi connectivity index (χ1) is 36.2. The standard InChI is InChI=1S/C70H44N2S/c1-2-14-45(15-3-1)46-28-34-51(35-29-46)71(68-26-13-25-62-61-23-10-11-27-69(61)73-70(62)68)52-36-30-47(31-37-52)49-32-40-66-64(42-49)65-43-50(55-24-12-17-48-16-4-5-18-54(48)55)33-41-67(65)72(66)53-38-39-60-58-21-7-6-19-56(58)57-20-8-9-22-59(57)63(60)44-53/h1-44H. The molecule has 0 bridgehead atoms. The van der Waals surface area contributed by atoms with E-state index in [4.69, 9.17) is 0 Å². The van der Waals surface area contributed by atoms with Gasteiger partial charge in [0, 0.05) is 43.3 Å². The number of aromatic nitrogens is 1. The molecule has 0 aliphatic rings. The monoisotopic (exact) mass is 944 g/mol. The van der Waals surface area contributed by atoms with Crippen molar-refractivity contribution in [2.24, 2.45) is 0 Å². The summed E-state index contributed by atoms with van der Waals surface area (Å²) >= 11 is 1.87. The first-order valence-electron chi connectivity index (χ1n) is 25.1. The van der Waals surface area contributed by atoms with E-state index >= 15 is 0 Å². The summed E-state index contributed by atoms with van der Waals surface area (Å²) in [4.78, 5) is 2.43. The van der Waals surface area contributed by atoms with E-state index in [2.05, 4.69) is 276 Å². The third-order valence-electron chi connectivity index (χ3n) is 15.2. The molecule has 0 amide bonds. The SMILES string of the molecule is c1ccc(-c2ccc(N(c3ccc(-c4ccc5c(c4)c4cc(-c6cccc7ccccc67)ccc4n5-c4ccc5c6ccccc6c6ccccc6c5c4)cc3)c3cccc4c3sc3ccccc34)cc2)cc1. The van der Waals surface area contributed by atoms with Gasteiger partial charge in [-0.2, -0.15) is 0 Å². The van der Waals surface area contributed by atoms with E-state index in [9.17, 15) is 0 Å². The molecule has 2 aromatic heterocycles. The largest absolute Gasteiger partial charge is 0.309 e. The number of hydrogen-bond acceptors (Lipinski definition) is 2. The van der Waals surface area contributed by atoms with Gasteiger partial charge in [-0.25, -0.2) is 0 Å². The summed E-state index contributed by atoms with van der Waals surface area (Å²) in [5, 5.41) is 15.2. The van der Waals surface area contributed by atoms with E-state index in [1.807, 2.05) is 11.3 Å². The number of rotatable bonds is 7. The number of fused-ring (bicyclic) bond motifs is 13. The van der Waals surface area contributed by atoms with Gasteiger partial charge in [-0.3, -0.25) is 0 Å². The van der Waals surface area contributed by atoms with Crippen LogP contribution in [0.5, 0.6) is 0 Å². The Hall–Kier alpha value is -9.28. The second-order valence-corrected chi connectivity index (χ2v) is 20.2. The molecular weight excluding hydrogens is 901 g/mol. The van der Waals surface area contributed by atoms with Crippen molar-refractivity contribution in [2.45, 2.75) is 0 Å². The predicted molar refractivity (Wildman–Crippen MR) is 315 cm³/mol. The molecule has 73 heavy (non-hydrogen) atoms. The van der Waals surface area contributed by atoms with Crippen molar-refractivity contribution in [2.75, 3.05) is 4.90 Å². The van der Waals surface area contributed by atoms with E-state index < -0.39 is 0 Å². The van der Waals surface area contributed by atoms with Crippen molar-refractivity contribution >= 4 is 113 Å². The maximum atomic E-state index is 2.48. The number of benzene rings is 13. The fourth-order valence-corrected chi connectivity index (χ4v) is 12.9. The normalized spacial score (nSPS) is 11.8. The maximum Gasteiger partial charge on any atom is 0.0640 e. The molecule has 13 aromatic carbocycles. The van der Waals surface area contributed by atoms with Crippen LogP contribution < -0.4 is 4.90 Å². The third-order valence-corrected chi connectivity index (χ3v) is 16.4. The predicted octanol–water partition coefficient (Wildman–Crippen LogP) is 20.2. The van der Waals surface area contributed by atoms with Crippen LogP contribution in [0.15, 0.2) is 267 Å². The Bertz CT molecular complexity index is 4620. The zero-order valence-electron chi connectivity index (χ0n) is 39.7. The summed E-state index contributed by atoms with van der Waals surface area (Å²) < 4.78 is 5.05.